The van der Waals surface area contributed by atoms with Gasteiger partial charge in [-0.05, 0) is 45.4 Å². The van der Waals surface area contributed by atoms with E-state index in [0.717, 1.165) is 25.9 Å². The Hall–Kier alpha value is -1.30. The predicted molar refractivity (Wildman–Crippen MR) is 78.1 cm³/mol. The molecule has 0 aliphatic carbocycles. The number of carbonyl (C=O) groups is 2. The van der Waals surface area contributed by atoms with E-state index in [1.807, 2.05) is 0 Å². The average molecular weight is 298 g/mol. The summed E-state index contributed by atoms with van der Waals surface area (Å²) in [5.74, 6) is -0.217. The van der Waals surface area contributed by atoms with Crippen molar-refractivity contribution >= 4 is 12.0 Å². The molecular formula is C15H26N2O4. The summed E-state index contributed by atoms with van der Waals surface area (Å²) in [5.41, 5.74) is -0.798. The van der Waals surface area contributed by atoms with E-state index < -0.39 is 11.4 Å². The Labute approximate surface area is 125 Å². The van der Waals surface area contributed by atoms with Gasteiger partial charge in [-0.15, -0.1) is 0 Å². The molecule has 0 radical (unpaired) electrons. The van der Waals surface area contributed by atoms with E-state index in [2.05, 4.69) is 12.2 Å². The monoisotopic (exact) mass is 298 g/mol. The normalized spacial score (nSPS) is 33.0. The van der Waals surface area contributed by atoms with Crippen LogP contribution in [0.1, 0.15) is 39.5 Å². The molecule has 2 heterocycles. The van der Waals surface area contributed by atoms with Gasteiger partial charge in [0, 0.05) is 26.2 Å². The summed E-state index contributed by atoms with van der Waals surface area (Å²) in [5, 5.41) is 12.1. The fraction of sp³-hybridized carbons (Fsp3) is 0.867. The van der Waals surface area contributed by atoms with E-state index in [1.165, 1.54) is 0 Å². The molecule has 0 bridgehead atoms. The van der Waals surface area contributed by atoms with Crippen LogP contribution in [-0.2, 0) is 9.53 Å². The van der Waals surface area contributed by atoms with Crippen LogP contribution in [0.3, 0.4) is 0 Å². The summed E-state index contributed by atoms with van der Waals surface area (Å²) < 4.78 is 5.51. The van der Waals surface area contributed by atoms with Crippen molar-refractivity contribution in [3.63, 3.8) is 0 Å². The van der Waals surface area contributed by atoms with Gasteiger partial charge in [0.15, 0.2) is 0 Å². The van der Waals surface area contributed by atoms with Gasteiger partial charge in [0.05, 0.1) is 11.5 Å². The number of nitrogens with zero attached hydrogens (tertiary/aromatic N) is 1. The minimum Gasteiger partial charge on any atom is -0.481 e. The third-order valence-corrected chi connectivity index (χ3v) is 4.70. The number of ether oxygens (including phenoxy) is 1. The van der Waals surface area contributed by atoms with E-state index in [4.69, 9.17) is 4.74 Å². The summed E-state index contributed by atoms with van der Waals surface area (Å²) in [6.07, 6.45) is 3.91. The first-order valence-corrected chi connectivity index (χ1v) is 7.78. The van der Waals surface area contributed by atoms with E-state index in [0.29, 0.717) is 38.1 Å². The smallest absolute Gasteiger partial charge is 0.317 e. The molecule has 2 fully saturated rings. The highest BCUT2D eigenvalue weighted by atomic mass is 16.5. The topological polar surface area (TPSA) is 78.9 Å². The molecule has 2 aliphatic rings. The molecule has 2 saturated heterocycles. The highest BCUT2D eigenvalue weighted by Gasteiger charge is 2.42. The van der Waals surface area contributed by atoms with Crippen molar-refractivity contribution in [3.05, 3.63) is 0 Å². The van der Waals surface area contributed by atoms with E-state index in [9.17, 15) is 14.7 Å². The molecule has 2 N–H and O–H groups in total. The second kappa shape index (κ2) is 6.64. The van der Waals surface area contributed by atoms with Crippen molar-refractivity contribution in [3.8, 4) is 0 Å². The lowest BCUT2D eigenvalue weighted by Crippen LogP contribution is -2.41. The number of nitrogens with one attached hydrogen (secondary N) is 1. The van der Waals surface area contributed by atoms with Crippen LogP contribution in [0.5, 0.6) is 0 Å². The molecule has 21 heavy (non-hydrogen) atoms. The number of carbonyl (C=O) groups excluding carboxylic acids is 1. The number of carboxylic acid groups (broad SMARTS) is 1. The third-order valence-electron chi connectivity index (χ3n) is 4.70. The zero-order valence-corrected chi connectivity index (χ0v) is 12.9. The van der Waals surface area contributed by atoms with Gasteiger partial charge in [0.1, 0.15) is 0 Å². The highest BCUT2D eigenvalue weighted by molar-refractivity contribution is 5.79. The molecule has 2 amide bonds. The van der Waals surface area contributed by atoms with Gasteiger partial charge in [-0.25, -0.2) is 4.79 Å². The zero-order valence-electron chi connectivity index (χ0n) is 12.9. The molecule has 0 saturated carbocycles. The molecular weight excluding hydrogens is 272 g/mol. The van der Waals surface area contributed by atoms with Crippen molar-refractivity contribution < 1.29 is 19.4 Å². The van der Waals surface area contributed by atoms with Gasteiger partial charge in [0.25, 0.3) is 0 Å². The highest BCUT2D eigenvalue weighted by Crippen LogP contribution is 2.30. The van der Waals surface area contributed by atoms with Crippen LogP contribution in [0.25, 0.3) is 0 Å². The van der Waals surface area contributed by atoms with Gasteiger partial charge in [-0.3, -0.25) is 4.79 Å². The predicted octanol–water partition coefficient (Wildman–Crippen LogP) is 1.70. The number of carboxylic acids is 1. The van der Waals surface area contributed by atoms with Crippen LogP contribution >= 0.6 is 0 Å². The van der Waals surface area contributed by atoms with Crippen LogP contribution in [0.4, 0.5) is 4.79 Å². The van der Waals surface area contributed by atoms with Crippen LogP contribution in [0.15, 0.2) is 0 Å². The van der Waals surface area contributed by atoms with Gasteiger partial charge >= 0.3 is 12.0 Å². The van der Waals surface area contributed by atoms with Crippen molar-refractivity contribution in [1.82, 2.24) is 10.2 Å². The minimum absolute atomic E-state index is 0.139. The standard InChI is InChI=1S/C15H26N2O4/c1-11-9-12(4-8-21-11)3-6-16-14(20)17-7-5-15(2,10-17)13(18)19/h11-12H,3-10H2,1-2H3,(H,16,20)(H,18,19). The summed E-state index contributed by atoms with van der Waals surface area (Å²) >= 11 is 0. The van der Waals surface area contributed by atoms with Crippen molar-refractivity contribution in [2.24, 2.45) is 11.3 Å². The number of aliphatic carboxylic acids is 1. The van der Waals surface area contributed by atoms with Gasteiger partial charge in [-0.1, -0.05) is 0 Å². The molecule has 0 aromatic carbocycles. The first kappa shape index (κ1) is 16.1. The maximum absolute atomic E-state index is 12.1. The summed E-state index contributed by atoms with van der Waals surface area (Å²) in [6, 6.07) is -0.139. The van der Waals surface area contributed by atoms with Crippen molar-refractivity contribution in [2.75, 3.05) is 26.2 Å². The van der Waals surface area contributed by atoms with Crippen molar-refractivity contribution in [1.29, 1.82) is 0 Å². The summed E-state index contributed by atoms with van der Waals surface area (Å²) in [6.45, 7) is 6.05. The second-order valence-electron chi connectivity index (χ2n) is 6.63. The molecule has 2 rings (SSSR count). The number of hydrogen-bond donors (Lipinski definition) is 2. The first-order chi connectivity index (χ1) is 9.90. The zero-order chi connectivity index (χ0) is 15.5. The molecule has 0 spiro atoms. The van der Waals surface area contributed by atoms with Gasteiger partial charge in [0.2, 0.25) is 0 Å². The van der Waals surface area contributed by atoms with Crippen LogP contribution in [-0.4, -0.2) is 54.4 Å². The molecule has 2 aliphatic heterocycles. The molecule has 120 valence electrons. The Bertz CT molecular complexity index is 401. The lowest BCUT2D eigenvalue weighted by atomic mass is 9.90. The molecule has 3 unspecified atom stereocenters. The lowest BCUT2D eigenvalue weighted by Gasteiger charge is -2.27. The first-order valence-electron chi connectivity index (χ1n) is 7.78. The van der Waals surface area contributed by atoms with Gasteiger partial charge < -0.3 is 20.1 Å². The fourth-order valence-electron chi connectivity index (χ4n) is 3.16. The molecule has 3 atom stereocenters. The summed E-state index contributed by atoms with van der Waals surface area (Å²) in [4.78, 5) is 24.8. The number of urea groups is 1. The number of likely N-dealkylation sites (tertiary alicyclic amines) is 1. The number of hydrogen-bond acceptors (Lipinski definition) is 3. The van der Waals surface area contributed by atoms with Crippen LogP contribution in [0, 0.1) is 11.3 Å². The average Bonchev–Trinajstić information content (AvgIpc) is 2.83. The third kappa shape index (κ3) is 4.09. The maximum Gasteiger partial charge on any atom is 0.317 e. The molecule has 6 heteroatoms. The van der Waals surface area contributed by atoms with E-state index >= 15 is 0 Å². The number of amides is 2. The minimum atomic E-state index is -0.825. The van der Waals surface area contributed by atoms with Crippen LogP contribution < -0.4 is 5.32 Å². The summed E-state index contributed by atoms with van der Waals surface area (Å²) in [7, 11) is 0. The molecule has 0 aromatic rings. The van der Waals surface area contributed by atoms with Crippen molar-refractivity contribution in [2.45, 2.75) is 45.6 Å². The van der Waals surface area contributed by atoms with E-state index in [1.54, 1.807) is 11.8 Å². The molecule has 6 nitrogen and oxygen atoms in total. The second-order valence-corrected chi connectivity index (χ2v) is 6.63. The quantitative estimate of drug-likeness (QED) is 0.828. The van der Waals surface area contributed by atoms with E-state index in [-0.39, 0.29) is 6.03 Å². The Morgan fingerprint density at radius 3 is 2.86 bits per heavy atom. The Kier molecular flexibility index (Phi) is 5.08. The Morgan fingerprint density at radius 2 is 2.24 bits per heavy atom. The fourth-order valence-corrected chi connectivity index (χ4v) is 3.16. The largest absolute Gasteiger partial charge is 0.481 e. The lowest BCUT2D eigenvalue weighted by molar-refractivity contribution is -0.146. The van der Waals surface area contributed by atoms with Crippen LogP contribution in [0.2, 0.25) is 0 Å². The van der Waals surface area contributed by atoms with Gasteiger partial charge in [-0.2, -0.15) is 0 Å². The maximum atomic E-state index is 12.1. The number of rotatable bonds is 4. The SMILES string of the molecule is CC1CC(CCNC(=O)N2CCC(C)(C(=O)O)C2)CCO1. The Morgan fingerprint density at radius 1 is 1.48 bits per heavy atom. The Balaban J connectivity index is 1.69. The molecule has 0 aromatic heterocycles.